The van der Waals surface area contributed by atoms with E-state index < -0.39 is 33.1 Å². The Morgan fingerprint density at radius 2 is 1.21 bits per heavy atom. The van der Waals surface area contributed by atoms with Gasteiger partial charge < -0.3 is 31.7 Å². The van der Waals surface area contributed by atoms with Gasteiger partial charge in [-0.25, -0.2) is 0 Å². The fourth-order valence-corrected chi connectivity index (χ4v) is 0.711. The van der Waals surface area contributed by atoms with E-state index in [1.807, 2.05) is 0 Å². The summed E-state index contributed by atoms with van der Waals surface area (Å²) in [5.74, 6) is -2.88. The fourth-order valence-electron chi connectivity index (χ4n) is 0.711. The summed E-state index contributed by atoms with van der Waals surface area (Å²) in [5.41, 5.74) is 10.1. The van der Waals surface area contributed by atoms with Gasteiger partial charge in [0.25, 0.3) is 0 Å². The molecule has 0 aromatic carbocycles. The molecule has 0 saturated heterocycles. The van der Waals surface area contributed by atoms with Gasteiger partial charge in [0.05, 0.1) is 0 Å². The molecule has 0 aliphatic carbocycles. The van der Waals surface area contributed by atoms with Gasteiger partial charge in [0.2, 0.25) is 0 Å². The number of rotatable bonds is 2. The molecule has 0 fully saturated rings. The van der Waals surface area contributed by atoms with Crippen LogP contribution in [0.2, 0.25) is 0 Å². The second-order valence-corrected chi connectivity index (χ2v) is 2.16. The Labute approximate surface area is 75.9 Å². The molecule has 0 spiro atoms. The third-order valence-corrected chi connectivity index (χ3v) is 1.26. The van der Waals surface area contributed by atoms with Gasteiger partial charge in [-0.3, -0.25) is 0 Å². The lowest BCUT2D eigenvalue weighted by Crippen LogP contribution is -2.08. The number of nitrogens with zero attached hydrogens (tertiary/aromatic N) is 4. The zero-order valence-corrected chi connectivity index (χ0v) is 6.58. The molecular formula is C4H4N6O4. The molecule has 1 heterocycles. The Balaban J connectivity index is 3.38. The van der Waals surface area contributed by atoms with Crippen molar-refractivity contribution in [2.75, 3.05) is 11.5 Å². The maximum atomic E-state index is 10.3. The lowest BCUT2D eigenvalue weighted by atomic mass is 10.5. The molecule has 10 nitrogen and oxygen atoms in total. The van der Waals surface area contributed by atoms with Crippen LogP contribution in [-0.2, 0) is 0 Å². The quantitative estimate of drug-likeness (QED) is 0.474. The molecule has 0 saturated carbocycles. The molecule has 1 rings (SSSR count). The van der Waals surface area contributed by atoms with Crippen molar-refractivity contribution in [3.63, 3.8) is 0 Å². The van der Waals surface area contributed by atoms with Crippen LogP contribution >= 0.6 is 0 Å². The first-order chi connectivity index (χ1) is 6.43. The first-order valence-electron chi connectivity index (χ1n) is 3.15. The molecule has 10 heteroatoms. The number of nitrogens with two attached hydrogens (primary N) is 2. The Kier molecular flexibility index (Phi) is 2.11. The third-order valence-electron chi connectivity index (χ3n) is 1.26. The molecule has 0 radical (unpaired) electrons. The summed E-state index contributed by atoms with van der Waals surface area (Å²) in [7, 11) is 0. The summed E-state index contributed by atoms with van der Waals surface area (Å²) in [6.45, 7) is 0. The normalized spacial score (nSPS) is 9.71. The fraction of sp³-hybridized carbons (Fsp3) is 0. The Morgan fingerprint density at radius 3 is 1.43 bits per heavy atom. The van der Waals surface area contributed by atoms with Crippen LogP contribution in [0.4, 0.5) is 23.3 Å². The topological polar surface area (TPSA) is 164 Å². The standard InChI is InChI=1S/C4H4N6O4/c5-1-3(9(11)12)8-2(6)4(7-1)10(13)14/h(H2,5,7)(H2,6,8). The number of anilines is 2. The average molecular weight is 200 g/mol. The van der Waals surface area contributed by atoms with Gasteiger partial charge in [0.1, 0.15) is 0 Å². The van der Waals surface area contributed by atoms with E-state index >= 15 is 0 Å². The van der Waals surface area contributed by atoms with Crippen LogP contribution in [0, 0.1) is 20.2 Å². The molecule has 1 aromatic heterocycles. The molecular weight excluding hydrogens is 196 g/mol. The van der Waals surface area contributed by atoms with Crippen molar-refractivity contribution < 1.29 is 9.85 Å². The monoisotopic (exact) mass is 200 g/mol. The van der Waals surface area contributed by atoms with Gasteiger partial charge in [0, 0.05) is 0 Å². The number of nitrogen functional groups attached to an aromatic ring is 2. The van der Waals surface area contributed by atoms with Crippen LogP contribution in [0.1, 0.15) is 0 Å². The van der Waals surface area contributed by atoms with Crippen molar-refractivity contribution in [3.05, 3.63) is 20.2 Å². The van der Waals surface area contributed by atoms with Crippen molar-refractivity contribution in [2.24, 2.45) is 0 Å². The van der Waals surface area contributed by atoms with Crippen molar-refractivity contribution in [2.45, 2.75) is 0 Å². The van der Waals surface area contributed by atoms with Gasteiger partial charge in [-0.2, -0.15) is 0 Å². The van der Waals surface area contributed by atoms with Gasteiger partial charge in [-0.15, -0.1) is 0 Å². The smallest absolute Gasteiger partial charge is 0.358 e. The first-order valence-corrected chi connectivity index (χ1v) is 3.15. The molecule has 0 aliphatic heterocycles. The van der Waals surface area contributed by atoms with Crippen molar-refractivity contribution in [1.29, 1.82) is 0 Å². The molecule has 4 N–H and O–H groups in total. The highest BCUT2D eigenvalue weighted by atomic mass is 16.6. The molecule has 74 valence electrons. The number of hydrogen-bond acceptors (Lipinski definition) is 8. The minimum Gasteiger partial charge on any atom is -0.358 e. The summed E-state index contributed by atoms with van der Waals surface area (Å²) < 4.78 is 0. The third kappa shape index (κ3) is 1.48. The van der Waals surface area contributed by atoms with E-state index in [2.05, 4.69) is 9.97 Å². The van der Waals surface area contributed by atoms with E-state index in [1.54, 1.807) is 0 Å². The van der Waals surface area contributed by atoms with E-state index in [0.717, 1.165) is 0 Å². The van der Waals surface area contributed by atoms with E-state index in [-0.39, 0.29) is 0 Å². The highest BCUT2D eigenvalue weighted by Crippen LogP contribution is 2.23. The Morgan fingerprint density at radius 1 is 0.929 bits per heavy atom. The van der Waals surface area contributed by atoms with E-state index in [0.29, 0.717) is 0 Å². The second-order valence-electron chi connectivity index (χ2n) is 2.16. The lowest BCUT2D eigenvalue weighted by Gasteiger charge is -1.95. The Bertz CT molecular complexity index is 377. The predicted molar refractivity (Wildman–Crippen MR) is 44.2 cm³/mol. The van der Waals surface area contributed by atoms with Gasteiger partial charge in [-0.05, 0) is 19.8 Å². The highest BCUT2D eigenvalue weighted by molar-refractivity contribution is 5.58. The second kappa shape index (κ2) is 3.08. The van der Waals surface area contributed by atoms with Crippen LogP contribution in [0.5, 0.6) is 0 Å². The van der Waals surface area contributed by atoms with E-state index in [4.69, 9.17) is 11.5 Å². The van der Waals surface area contributed by atoms with Gasteiger partial charge in [0.15, 0.2) is 0 Å². The maximum Gasteiger partial charge on any atom is 0.435 e. The lowest BCUT2D eigenvalue weighted by molar-refractivity contribution is -0.394. The van der Waals surface area contributed by atoms with Gasteiger partial charge >= 0.3 is 23.3 Å². The van der Waals surface area contributed by atoms with Crippen molar-refractivity contribution in [3.8, 4) is 0 Å². The number of hydrogen-bond donors (Lipinski definition) is 2. The van der Waals surface area contributed by atoms with Crippen LogP contribution < -0.4 is 11.5 Å². The minimum atomic E-state index is -0.928. The summed E-state index contributed by atoms with van der Waals surface area (Å²) in [5, 5.41) is 20.5. The summed E-state index contributed by atoms with van der Waals surface area (Å²) in [6, 6.07) is 0. The summed E-state index contributed by atoms with van der Waals surface area (Å²) >= 11 is 0. The summed E-state index contributed by atoms with van der Waals surface area (Å²) in [4.78, 5) is 24.9. The molecule has 1 aromatic rings. The SMILES string of the molecule is Nc1nc([N+](=O)[O-])c(N)nc1[N+](=O)[O-]. The zero-order valence-electron chi connectivity index (χ0n) is 6.58. The summed E-state index contributed by atoms with van der Waals surface area (Å²) in [6.07, 6.45) is 0. The molecule has 0 atom stereocenters. The number of aromatic nitrogens is 2. The molecule has 0 bridgehead atoms. The average Bonchev–Trinajstić information content (AvgIpc) is 2.07. The predicted octanol–water partition coefficient (Wildman–Crippen LogP) is -0.543. The van der Waals surface area contributed by atoms with E-state index in [1.165, 1.54) is 0 Å². The highest BCUT2D eigenvalue weighted by Gasteiger charge is 2.28. The first kappa shape index (κ1) is 9.57. The molecule has 0 unspecified atom stereocenters. The van der Waals surface area contributed by atoms with Crippen LogP contribution in [0.3, 0.4) is 0 Å². The molecule has 0 amide bonds. The largest absolute Gasteiger partial charge is 0.435 e. The maximum absolute atomic E-state index is 10.3. The van der Waals surface area contributed by atoms with Crippen molar-refractivity contribution >= 4 is 23.3 Å². The van der Waals surface area contributed by atoms with Crippen LogP contribution in [0.15, 0.2) is 0 Å². The van der Waals surface area contributed by atoms with Crippen molar-refractivity contribution in [1.82, 2.24) is 9.97 Å². The van der Waals surface area contributed by atoms with E-state index in [9.17, 15) is 20.2 Å². The van der Waals surface area contributed by atoms with Crippen LogP contribution in [0.25, 0.3) is 0 Å². The molecule has 14 heavy (non-hydrogen) atoms. The zero-order chi connectivity index (χ0) is 10.9. The Hall–Kier alpha value is -2.52. The van der Waals surface area contributed by atoms with Crippen LogP contribution in [-0.4, -0.2) is 19.8 Å². The van der Waals surface area contributed by atoms with Gasteiger partial charge in [-0.1, -0.05) is 0 Å². The minimum absolute atomic E-state index is 0.643. The molecule has 0 aliphatic rings. The number of nitro groups is 2.